The summed E-state index contributed by atoms with van der Waals surface area (Å²) >= 11 is 0. The molecule has 7 aromatic carbocycles. The van der Waals surface area contributed by atoms with E-state index >= 15 is 0 Å². The minimum atomic E-state index is 0.924. The van der Waals surface area contributed by atoms with Crippen LogP contribution in [0.2, 0.25) is 0 Å². The van der Waals surface area contributed by atoms with Gasteiger partial charge >= 0.3 is 0 Å². The lowest BCUT2D eigenvalue weighted by Crippen LogP contribution is -1.92. The minimum absolute atomic E-state index is 0.924. The van der Waals surface area contributed by atoms with Crippen LogP contribution in [-0.4, -0.2) is 4.57 Å². The van der Waals surface area contributed by atoms with Crippen LogP contribution < -0.4 is 0 Å². The second kappa shape index (κ2) is 8.08. The Labute approximate surface area is 230 Å². The molecule has 0 fully saturated rings. The summed E-state index contributed by atoms with van der Waals surface area (Å²) in [5.41, 5.74) is 7.71. The minimum Gasteiger partial charge on any atom is -0.455 e. The molecule has 0 spiro atoms. The van der Waals surface area contributed by atoms with Crippen LogP contribution in [0.15, 0.2) is 144 Å². The van der Waals surface area contributed by atoms with E-state index in [0.29, 0.717) is 0 Å². The molecule has 0 radical (unpaired) electrons. The normalized spacial score (nSPS) is 12.0. The number of para-hydroxylation sites is 2. The average molecular weight is 510 g/mol. The molecule has 0 bridgehead atoms. The van der Waals surface area contributed by atoms with Gasteiger partial charge in [-0.3, -0.25) is 0 Å². The van der Waals surface area contributed by atoms with Crippen molar-refractivity contribution in [3.63, 3.8) is 0 Å². The number of fused-ring (bicyclic) bond motifs is 10. The Morgan fingerprint density at radius 2 is 1.12 bits per heavy atom. The second-order valence-electron chi connectivity index (χ2n) is 10.5. The predicted molar refractivity (Wildman–Crippen MR) is 169 cm³/mol. The zero-order chi connectivity index (χ0) is 26.2. The first-order valence-electron chi connectivity index (χ1n) is 13.7. The summed E-state index contributed by atoms with van der Waals surface area (Å²) in [6.07, 6.45) is 0. The molecule has 0 atom stereocenters. The smallest absolute Gasteiger partial charge is 0.143 e. The van der Waals surface area contributed by atoms with Crippen molar-refractivity contribution in [1.82, 2.24) is 4.57 Å². The Balaban J connectivity index is 1.40. The highest BCUT2D eigenvalue weighted by molar-refractivity contribution is 6.29. The highest BCUT2D eigenvalue weighted by Gasteiger charge is 2.19. The zero-order valence-electron chi connectivity index (χ0n) is 21.6. The first-order valence-corrected chi connectivity index (χ1v) is 13.7. The van der Waals surface area contributed by atoms with Crippen molar-refractivity contribution in [2.24, 2.45) is 0 Å². The fourth-order valence-corrected chi connectivity index (χ4v) is 6.60. The highest BCUT2D eigenvalue weighted by Crippen LogP contribution is 2.44. The van der Waals surface area contributed by atoms with E-state index < -0.39 is 0 Å². The van der Waals surface area contributed by atoms with Crippen molar-refractivity contribution < 1.29 is 4.42 Å². The molecule has 40 heavy (non-hydrogen) atoms. The van der Waals surface area contributed by atoms with Gasteiger partial charge in [0.15, 0.2) is 0 Å². The van der Waals surface area contributed by atoms with Gasteiger partial charge in [-0.05, 0) is 69.6 Å². The number of furan rings is 1. The fourth-order valence-electron chi connectivity index (χ4n) is 6.60. The van der Waals surface area contributed by atoms with Gasteiger partial charge in [0, 0.05) is 32.8 Å². The van der Waals surface area contributed by atoms with Crippen molar-refractivity contribution in [2.45, 2.75) is 0 Å². The van der Waals surface area contributed by atoms with Gasteiger partial charge in [-0.1, -0.05) is 97.1 Å². The van der Waals surface area contributed by atoms with Crippen LogP contribution in [0.3, 0.4) is 0 Å². The van der Waals surface area contributed by atoms with E-state index in [0.717, 1.165) is 22.3 Å². The summed E-state index contributed by atoms with van der Waals surface area (Å²) < 4.78 is 9.08. The van der Waals surface area contributed by atoms with E-state index in [-0.39, 0.29) is 0 Å². The van der Waals surface area contributed by atoms with Crippen LogP contribution in [0.4, 0.5) is 0 Å². The van der Waals surface area contributed by atoms with Crippen LogP contribution in [0.5, 0.6) is 0 Å². The van der Waals surface area contributed by atoms with Gasteiger partial charge in [-0.2, -0.15) is 0 Å². The van der Waals surface area contributed by atoms with Gasteiger partial charge < -0.3 is 8.98 Å². The van der Waals surface area contributed by atoms with E-state index in [9.17, 15) is 0 Å². The third-order valence-corrected chi connectivity index (χ3v) is 8.35. The van der Waals surface area contributed by atoms with Gasteiger partial charge in [0.05, 0.1) is 11.0 Å². The van der Waals surface area contributed by atoms with Crippen molar-refractivity contribution in [3.05, 3.63) is 140 Å². The fraction of sp³-hybridized carbons (Fsp3) is 0. The van der Waals surface area contributed by atoms with Crippen LogP contribution in [-0.2, 0) is 0 Å². The summed E-state index contributed by atoms with van der Waals surface area (Å²) in [7, 11) is 0. The lowest BCUT2D eigenvalue weighted by atomic mass is 9.94. The van der Waals surface area contributed by atoms with Crippen LogP contribution in [0.25, 0.3) is 82.1 Å². The third kappa shape index (κ3) is 2.93. The monoisotopic (exact) mass is 509 g/mol. The molecule has 9 rings (SSSR count). The first-order chi connectivity index (χ1) is 19.8. The standard InChI is InChI=1S/C38H23NO/c1-2-12-27(13-3-1)39-33-17-9-8-16-30(33)32-23-26(18-20-34(32)39)31-22-25-11-5-7-15-29(25)37-36-28-14-6-4-10-24(28)19-21-35(36)40-38(31)37/h1-23H. The van der Waals surface area contributed by atoms with Gasteiger partial charge in [0.2, 0.25) is 0 Å². The van der Waals surface area contributed by atoms with Crippen molar-refractivity contribution in [1.29, 1.82) is 0 Å². The Morgan fingerprint density at radius 1 is 0.450 bits per heavy atom. The molecule has 2 nitrogen and oxygen atoms in total. The topological polar surface area (TPSA) is 18.1 Å². The number of nitrogens with zero attached hydrogens (tertiary/aromatic N) is 1. The molecular weight excluding hydrogens is 486 g/mol. The molecule has 2 heteroatoms. The van der Waals surface area contributed by atoms with Gasteiger partial charge in [0.1, 0.15) is 11.2 Å². The Bertz CT molecular complexity index is 2420. The van der Waals surface area contributed by atoms with Crippen LogP contribution in [0, 0.1) is 0 Å². The summed E-state index contributed by atoms with van der Waals surface area (Å²) in [5, 5.41) is 9.74. The largest absolute Gasteiger partial charge is 0.455 e. The number of hydrogen-bond acceptors (Lipinski definition) is 1. The van der Waals surface area contributed by atoms with E-state index in [4.69, 9.17) is 4.42 Å². The van der Waals surface area contributed by atoms with Gasteiger partial charge in [-0.15, -0.1) is 0 Å². The molecule has 0 unspecified atom stereocenters. The number of aromatic nitrogens is 1. The maximum atomic E-state index is 6.72. The molecule has 0 aliphatic rings. The molecule has 2 heterocycles. The quantitative estimate of drug-likeness (QED) is 0.227. The Hall–Kier alpha value is -5.34. The van der Waals surface area contributed by atoms with Crippen molar-refractivity contribution in [3.8, 4) is 16.8 Å². The molecule has 0 aliphatic carbocycles. The van der Waals surface area contributed by atoms with Crippen LogP contribution in [0.1, 0.15) is 0 Å². The van der Waals surface area contributed by atoms with E-state index in [1.54, 1.807) is 0 Å². The summed E-state index contributed by atoms with van der Waals surface area (Å²) in [4.78, 5) is 0. The predicted octanol–water partition coefficient (Wildman–Crippen LogP) is 10.7. The molecule has 0 aliphatic heterocycles. The molecule has 2 aromatic heterocycles. The lowest BCUT2D eigenvalue weighted by molar-refractivity contribution is 0.670. The van der Waals surface area contributed by atoms with Gasteiger partial charge in [-0.25, -0.2) is 0 Å². The summed E-state index contributed by atoms with van der Waals surface area (Å²) in [6.45, 7) is 0. The molecule has 0 amide bonds. The second-order valence-corrected chi connectivity index (χ2v) is 10.5. The average Bonchev–Trinajstić information content (AvgIpc) is 3.58. The number of hydrogen-bond donors (Lipinski definition) is 0. The lowest BCUT2D eigenvalue weighted by Gasteiger charge is -2.09. The molecule has 186 valence electrons. The molecule has 0 N–H and O–H groups in total. The first kappa shape index (κ1) is 21.6. The summed E-state index contributed by atoms with van der Waals surface area (Å²) in [6, 6.07) is 50.0. The van der Waals surface area contributed by atoms with E-state index in [1.165, 1.54) is 59.8 Å². The van der Waals surface area contributed by atoms with Crippen molar-refractivity contribution in [2.75, 3.05) is 0 Å². The van der Waals surface area contributed by atoms with E-state index in [1.807, 2.05) is 0 Å². The maximum Gasteiger partial charge on any atom is 0.143 e. The molecule has 9 aromatic rings. The Morgan fingerprint density at radius 3 is 1.98 bits per heavy atom. The van der Waals surface area contributed by atoms with E-state index in [2.05, 4.69) is 144 Å². The zero-order valence-corrected chi connectivity index (χ0v) is 21.6. The summed E-state index contributed by atoms with van der Waals surface area (Å²) in [5.74, 6) is 0. The third-order valence-electron chi connectivity index (χ3n) is 8.35. The number of rotatable bonds is 2. The molecule has 0 saturated heterocycles. The molecule has 0 saturated carbocycles. The Kier molecular flexibility index (Phi) is 4.36. The number of benzene rings is 7. The van der Waals surface area contributed by atoms with Crippen LogP contribution >= 0.6 is 0 Å². The SMILES string of the molecule is c1ccc(-n2c3ccccc3c3cc(-c4cc5ccccc5c5c4oc4ccc6ccccc6c45)ccc32)cc1. The van der Waals surface area contributed by atoms with Gasteiger partial charge in [0.25, 0.3) is 0 Å². The highest BCUT2D eigenvalue weighted by atomic mass is 16.3. The van der Waals surface area contributed by atoms with Crippen molar-refractivity contribution >= 4 is 65.3 Å². The molecular formula is C38H23NO. The maximum absolute atomic E-state index is 6.72.